The number of hydrogen-bond acceptors (Lipinski definition) is 3. The van der Waals surface area contributed by atoms with Crippen LogP contribution in [0.15, 0.2) is 48.5 Å². The Balaban J connectivity index is 2.06. The SMILES string of the molecule is CCN(CC)C(=O)c1ccc(NC(=O)c2ccc(N)cc2)cc1. The molecular formula is C18H21N3O2. The van der Waals surface area contributed by atoms with E-state index in [1.54, 1.807) is 53.4 Å². The lowest BCUT2D eigenvalue weighted by Gasteiger charge is -2.18. The fraction of sp³-hybridized carbons (Fsp3) is 0.222. The van der Waals surface area contributed by atoms with Crippen molar-refractivity contribution in [1.29, 1.82) is 0 Å². The summed E-state index contributed by atoms with van der Waals surface area (Å²) in [5.41, 5.74) is 8.00. The minimum Gasteiger partial charge on any atom is -0.399 e. The molecule has 0 heterocycles. The first-order valence-corrected chi connectivity index (χ1v) is 7.61. The van der Waals surface area contributed by atoms with Gasteiger partial charge in [-0.2, -0.15) is 0 Å². The fourth-order valence-corrected chi connectivity index (χ4v) is 2.23. The summed E-state index contributed by atoms with van der Waals surface area (Å²) in [6, 6.07) is 13.6. The van der Waals surface area contributed by atoms with Crippen LogP contribution in [0.2, 0.25) is 0 Å². The van der Waals surface area contributed by atoms with Crippen LogP contribution in [0.1, 0.15) is 34.6 Å². The number of amides is 2. The van der Waals surface area contributed by atoms with Crippen molar-refractivity contribution in [3.63, 3.8) is 0 Å². The van der Waals surface area contributed by atoms with Crippen molar-refractivity contribution in [2.45, 2.75) is 13.8 Å². The third kappa shape index (κ3) is 4.10. The second-order valence-corrected chi connectivity index (χ2v) is 5.13. The first-order chi connectivity index (χ1) is 11.0. The monoisotopic (exact) mass is 311 g/mol. The lowest BCUT2D eigenvalue weighted by atomic mass is 10.1. The van der Waals surface area contributed by atoms with Gasteiger partial charge in [-0.15, -0.1) is 0 Å². The number of carbonyl (C=O) groups is 2. The first-order valence-electron chi connectivity index (χ1n) is 7.61. The Labute approximate surface area is 136 Å². The minimum absolute atomic E-state index is 0.00795. The Morgan fingerprint density at radius 3 is 1.96 bits per heavy atom. The molecule has 2 aromatic carbocycles. The number of anilines is 2. The average molecular weight is 311 g/mol. The second-order valence-electron chi connectivity index (χ2n) is 5.13. The van der Waals surface area contributed by atoms with Gasteiger partial charge in [-0.1, -0.05) is 0 Å². The van der Waals surface area contributed by atoms with Gasteiger partial charge in [-0.3, -0.25) is 9.59 Å². The van der Waals surface area contributed by atoms with E-state index in [2.05, 4.69) is 5.32 Å². The van der Waals surface area contributed by atoms with Crippen LogP contribution >= 0.6 is 0 Å². The van der Waals surface area contributed by atoms with E-state index in [1.165, 1.54) is 0 Å². The van der Waals surface area contributed by atoms with Crippen molar-refractivity contribution in [3.05, 3.63) is 59.7 Å². The highest BCUT2D eigenvalue weighted by Gasteiger charge is 2.12. The van der Waals surface area contributed by atoms with Gasteiger partial charge in [0.15, 0.2) is 0 Å². The van der Waals surface area contributed by atoms with Gasteiger partial charge in [-0.25, -0.2) is 0 Å². The topological polar surface area (TPSA) is 75.4 Å². The number of hydrogen-bond donors (Lipinski definition) is 2. The number of rotatable bonds is 5. The van der Waals surface area contributed by atoms with Gasteiger partial charge in [0, 0.05) is 35.6 Å². The molecule has 5 nitrogen and oxygen atoms in total. The van der Waals surface area contributed by atoms with Crippen molar-refractivity contribution in [2.75, 3.05) is 24.1 Å². The van der Waals surface area contributed by atoms with Gasteiger partial charge < -0.3 is 16.0 Å². The molecule has 0 fully saturated rings. The van der Waals surface area contributed by atoms with Crippen LogP contribution in [-0.2, 0) is 0 Å². The molecule has 0 aliphatic heterocycles. The Morgan fingerprint density at radius 2 is 1.43 bits per heavy atom. The van der Waals surface area contributed by atoms with Gasteiger partial charge in [-0.05, 0) is 62.4 Å². The average Bonchev–Trinajstić information content (AvgIpc) is 2.57. The van der Waals surface area contributed by atoms with Crippen LogP contribution in [0.4, 0.5) is 11.4 Å². The van der Waals surface area contributed by atoms with Gasteiger partial charge in [0.2, 0.25) is 0 Å². The molecule has 0 atom stereocenters. The van der Waals surface area contributed by atoms with Crippen molar-refractivity contribution in [2.24, 2.45) is 0 Å². The lowest BCUT2D eigenvalue weighted by Crippen LogP contribution is -2.30. The molecule has 5 heteroatoms. The van der Waals surface area contributed by atoms with Crippen molar-refractivity contribution in [3.8, 4) is 0 Å². The first kappa shape index (κ1) is 16.5. The zero-order chi connectivity index (χ0) is 16.8. The van der Waals surface area contributed by atoms with E-state index in [0.29, 0.717) is 35.6 Å². The minimum atomic E-state index is -0.215. The molecule has 120 valence electrons. The molecule has 0 aliphatic carbocycles. The number of benzene rings is 2. The molecule has 0 saturated carbocycles. The van der Waals surface area contributed by atoms with E-state index < -0.39 is 0 Å². The van der Waals surface area contributed by atoms with Gasteiger partial charge in [0.1, 0.15) is 0 Å². The summed E-state index contributed by atoms with van der Waals surface area (Å²) in [5, 5.41) is 2.80. The molecule has 0 bridgehead atoms. The summed E-state index contributed by atoms with van der Waals surface area (Å²) in [6.07, 6.45) is 0. The molecule has 0 saturated heterocycles. The molecule has 0 aliphatic rings. The van der Waals surface area contributed by atoms with Crippen LogP contribution in [0, 0.1) is 0 Å². The summed E-state index contributed by atoms with van der Waals surface area (Å²) >= 11 is 0. The van der Waals surface area contributed by atoms with Crippen LogP contribution in [0.25, 0.3) is 0 Å². The molecule has 0 aromatic heterocycles. The molecule has 23 heavy (non-hydrogen) atoms. The highest BCUT2D eigenvalue weighted by atomic mass is 16.2. The maximum absolute atomic E-state index is 12.2. The summed E-state index contributed by atoms with van der Waals surface area (Å²) in [4.78, 5) is 26.1. The molecule has 2 aromatic rings. The summed E-state index contributed by atoms with van der Waals surface area (Å²) in [6.45, 7) is 5.24. The Morgan fingerprint density at radius 1 is 0.913 bits per heavy atom. The highest BCUT2D eigenvalue weighted by molar-refractivity contribution is 6.04. The van der Waals surface area contributed by atoms with E-state index in [4.69, 9.17) is 5.73 Å². The van der Waals surface area contributed by atoms with Gasteiger partial charge in [0.25, 0.3) is 11.8 Å². The molecule has 2 amide bonds. The maximum Gasteiger partial charge on any atom is 0.255 e. The Hall–Kier alpha value is -2.82. The maximum atomic E-state index is 12.2. The summed E-state index contributed by atoms with van der Waals surface area (Å²) < 4.78 is 0. The van der Waals surface area contributed by atoms with Gasteiger partial charge in [0.05, 0.1) is 0 Å². The molecule has 2 rings (SSSR count). The van der Waals surface area contributed by atoms with Crippen molar-refractivity contribution < 1.29 is 9.59 Å². The molecule has 0 radical (unpaired) electrons. The molecule has 0 spiro atoms. The third-order valence-electron chi connectivity index (χ3n) is 3.61. The zero-order valence-corrected chi connectivity index (χ0v) is 13.4. The van der Waals surface area contributed by atoms with Crippen LogP contribution < -0.4 is 11.1 Å². The largest absolute Gasteiger partial charge is 0.399 e. The van der Waals surface area contributed by atoms with E-state index in [1.807, 2.05) is 13.8 Å². The Bertz CT molecular complexity index is 674. The molecule has 3 N–H and O–H groups in total. The number of nitrogens with two attached hydrogens (primary N) is 1. The van der Waals surface area contributed by atoms with Gasteiger partial charge >= 0.3 is 0 Å². The number of nitrogens with zero attached hydrogens (tertiary/aromatic N) is 1. The van der Waals surface area contributed by atoms with E-state index in [-0.39, 0.29) is 11.8 Å². The van der Waals surface area contributed by atoms with Crippen molar-refractivity contribution >= 4 is 23.2 Å². The molecule has 0 unspecified atom stereocenters. The fourth-order valence-electron chi connectivity index (χ4n) is 2.23. The number of nitrogen functional groups attached to an aromatic ring is 1. The number of nitrogens with one attached hydrogen (secondary N) is 1. The number of carbonyl (C=O) groups excluding carboxylic acids is 2. The summed E-state index contributed by atoms with van der Waals surface area (Å²) in [7, 11) is 0. The van der Waals surface area contributed by atoms with Crippen molar-refractivity contribution in [1.82, 2.24) is 4.90 Å². The van der Waals surface area contributed by atoms with Crippen LogP contribution in [-0.4, -0.2) is 29.8 Å². The molecular weight excluding hydrogens is 290 g/mol. The highest BCUT2D eigenvalue weighted by Crippen LogP contribution is 2.14. The second kappa shape index (κ2) is 7.45. The van der Waals surface area contributed by atoms with E-state index in [0.717, 1.165) is 0 Å². The van der Waals surface area contributed by atoms with Crippen LogP contribution in [0.3, 0.4) is 0 Å². The lowest BCUT2D eigenvalue weighted by molar-refractivity contribution is 0.0773. The Kier molecular flexibility index (Phi) is 5.36. The standard InChI is InChI=1S/C18H21N3O2/c1-3-21(4-2)18(23)14-7-11-16(12-8-14)20-17(22)13-5-9-15(19)10-6-13/h5-12H,3-4,19H2,1-2H3,(H,20,22). The predicted octanol–water partition coefficient (Wildman–Crippen LogP) is 3.00. The van der Waals surface area contributed by atoms with E-state index >= 15 is 0 Å². The normalized spacial score (nSPS) is 10.2. The smallest absolute Gasteiger partial charge is 0.255 e. The van der Waals surface area contributed by atoms with Crippen LogP contribution in [0.5, 0.6) is 0 Å². The zero-order valence-electron chi connectivity index (χ0n) is 13.4. The van der Waals surface area contributed by atoms with E-state index in [9.17, 15) is 9.59 Å². The summed E-state index contributed by atoms with van der Waals surface area (Å²) in [5.74, 6) is -0.223. The quantitative estimate of drug-likeness (QED) is 0.833. The third-order valence-corrected chi connectivity index (χ3v) is 3.61. The predicted molar refractivity (Wildman–Crippen MR) is 92.5 cm³/mol.